The second kappa shape index (κ2) is 8.06. The maximum absolute atomic E-state index is 5.65. The molecule has 0 aliphatic carbocycles. The second-order valence-corrected chi connectivity index (χ2v) is 5.66. The largest absolute Gasteiger partial charge is 0.377 e. The lowest BCUT2D eigenvalue weighted by Crippen LogP contribution is -2.47. The van der Waals surface area contributed by atoms with Gasteiger partial charge in [0, 0.05) is 25.2 Å². The van der Waals surface area contributed by atoms with Gasteiger partial charge in [0.05, 0.1) is 12.7 Å². The van der Waals surface area contributed by atoms with Gasteiger partial charge in [0.15, 0.2) is 0 Å². The van der Waals surface area contributed by atoms with Crippen molar-refractivity contribution in [3.05, 3.63) is 0 Å². The van der Waals surface area contributed by atoms with Crippen molar-refractivity contribution in [1.82, 2.24) is 10.2 Å². The highest BCUT2D eigenvalue weighted by atomic mass is 16.5. The molecule has 0 aromatic carbocycles. The smallest absolute Gasteiger partial charge is 0.0597 e. The minimum atomic E-state index is 0.344. The average molecular weight is 242 g/mol. The van der Waals surface area contributed by atoms with E-state index in [-0.39, 0.29) is 0 Å². The minimum absolute atomic E-state index is 0.344. The SMILES string of the molecule is CC(C)OCCN(CC1CCCCN1)C(C)C. The first-order valence-electron chi connectivity index (χ1n) is 7.18. The summed E-state index contributed by atoms with van der Waals surface area (Å²) in [5, 5.41) is 3.62. The van der Waals surface area contributed by atoms with Gasteiger partial charge in [0.2, 0.25) is 0 Å². The quantitative estimate of drug-likeness (QED) is 0.741. The fourth-order valence-corrected chi connectivity index (χ4v) is 2.33. The van der Waals surface area contributed by atoms with Crippen LogP contribution in [0.3, 0.4) is 0 Å². The molecule has 0 aromatic heterocycles. The highest BCUT2D eigenvalue weighted by Gasteiger charge is 2.18. The molecular weight excluding hydrogens is 212 g/mol. The Bertz CT molecular complexity index is 189. The summed E-state index contributed by atoms with van der Waals surface area (Å²) in [4.78, 5) is 2.53. The van der Waals surface area contributed by atoms with Crippen molar-refractivity contribution in [2.45, 2.75) is 65.1 Å². The lowest BCUT2D eigenvalue weighted by Gasteiger charge is -2.33. The standard InChI is InChI=1S/C14H30N2O/c1-12(2)16(9-10-17-13(3)4)11-14-7-5-6-8-15-14/h12-15H,5-11H2,1-4H3. The fourth-order valence-electron chi connectivity index (χ4n) is 2.33. The third-order valence-corrected chi connectivity index (χ3v) is 3.43. The molecule has 0 radical (unpaired) electrons. The molecule has 1 fully saturated rings. The molecule has 0 spiro atoms. The molecule has 17 heavy (non-hydrogen) atoms. The zero-order valence-corrected chi connectivity index (χ0v) is 12.0. The highest BCUT2D eigenvalue weighted by molar-refractivity contribution is 4.77. The monoisotopic (exact) mass is 242 g/mol. The van der Waals surface area contributed by atoms with Crippen molar-refractivity contribution >= 4 is 0 Å². The van der Waals surface area contributed by atoms with Gasteiger partial charge in [-0.1, -0.05) is 6.42 Å². The molecule has 3 heteroatoms. The van der Waals surface area contributed by atoms with E-state index in [4.69, 9.17) is 4.74 Å². The molecule has 1 aliphatic rings. The van der Waals surface area contributed by atoms with Crippen LogP contribution in [0, 0.1) is 0 Å². The van der Waals surface area contributed by atoms with Crippen LogP contribution < -0.4 is 5.32 Å². The molecule has 1 rings (SSSR count). The van der Waals surface area contributed by atoms with Crippen LogP contribution in [0.15, 0.2) is 0 Å². The zero-order chi connectivity index (χ0) is 12.7. The summed E-state index contributed by atoms with van der Waals surface area (Å²) in [6.07, 6.45) is 4.39. The van der Waals surface area contributed by atoms with Crippen molar-refractivity contribution in [2.75, 3.05) is 26.2 Å². The van der Waals surface area contributed by atoms with E-state index in [1.54, 1.807) is 0 Å². The third kappa shape index (κ3) is 6.39. The van der Waals surface area contributed by atoms with Crippen molar-refractivity contribution < 1.29 is 4.74 Å². The Kier molecular flexibility index (Phi) is 7.09. The molecule has 0 aromatic rings. The molecule has 3 nitrogen and oxygen atoms in total. The average Bonchev–Trinajstić information content (AvgIpc) is 2.28. The topological polar surface area (TPSA) is 24.5 Å². The number of nitrogens with zero attached hydrogens (tertiary/aromatic N) is 1. The number of piperidine rings is 1. The Balaban J connectivity index is 2.26. The van der Waals surface area contributed by atoms with Crippen LogP contribution in [-0.4, -0.2) is 49.3 Å². The van der Waals surface area contributed by atoms with Gasteiger partial charge in [0.1, 0.15) is 0 Å². The summed E-state index contributed by atoms with van der Waals surface area (Å²) in [5.41, 5.74) is 0. The molecule has 0 saturated carbocycles. The summed E-state index contributed by atoms with van der Waals surface area (Å²) < 4.78 is 5.65. The van der Waals surface area contributed by atoms with Gasteiger partial charge in [-0.05, 0) is 47.1 Å². The molecule has 1 heterocycles. The molecule has 1 N–H and O–H groups in total. The van der Waals surface area contributed by atoms with Crippen LogP contribution in [0.25, 0.3) is 0 Å². The minimum Gasteiger partial charge on any atom is -0.377 e. The van der Waals surface area contributed by atoms with Crippen molar-refractivity contribution in [3.8, 4) is 0 Å². The Hall–Kier alpha value is -0.120. The molecular formula is C14H30N2O. The Morgan fingerprint density at radius 1 is 1.24 bits per heavy atom. The van der Waals surface area contributed by atoms with Crippen LogP contribution in [0.5, 0.6) is 0 Å². The van der Waals surface area contributed by atoms with E-state index in [0.29, 0.717) is 18.2 Å². The first-order valence-corrected chi connectivity index (χ1v) is 7.18. The van der Waals surface area contributed by atoms with Gasteiger partial charge in [-0.2, -0.15) is 0 Å². The molecule has 1 aliphatic heterocycles. The van der Waals surface area contributed by atoms with E-state index in [9.17, 15) is 0 Å². The fraction of sp³-hybridized carbons (Fsp3) is 1.00. The number of hydrogen-bond acceptors (Lipinski definition) is 3. The number of nitrogens with one attached hydrogen (secondary N) is 1. The maximum Gasteiger partial charge on any atom is 0.0597 e. The lowest BCUT2D eigenvalue weighted by atomic mass is 10.0. The van der Waals surface area contributed by atoms with Gasteiger partial charge >= 0.3 is 0 Å². The molecule has 0 amide bonds. The summed E-state index contributed by atoms with van der Waals surface area (Å²) in [7, 11) is 0. The van der Waals surface area contributed by atoms with E-state index in [1.807, 2.05) is 0 Å². The van der Waals surface area contributed by atoms with Crippen molar-refractivity contribution in [2.24, 2.45) is 0 Å². The van der Waals surface area contributed by atoms with Crippen molar-refractivity contribution in [3.63, 3.8) is 0 Å². The van der Waals surface area contributed by atoms with E-state index in [1.165, 1.54) is 32.4 Å². The second-order valence-electron chi connectivity index (χ2n) is 5.66. The predicted molar refractivity (Wildman–Crippen MR) is 73.4 cm³/mol. The summed E-state index contributed by atoms with van der Waals surface area (Å²) in [6, 6.07) is 1.29. The van der Waals surface area contributed by atoms with Crippen molar-refractivity contribution in [1.29, 1.82) is 0 Å². The molecule has 102 valence electrons. The Morgan fingerprint density at radius 2 is 2.00 bits per heavy atom. The van der Waals surface area contributed by atoms with Gasteiger partial charge in [-0.25, -0.2) is 0 Å². The van der Waals surface area contributed by atoms with E-state index in [2.05, 4.69) is 37.9 Å². The summed E-state index contributed by atoms with van der Waals surface area (Å²) in [6.45, 7) is 13.0. The maximum atomic E-state index is 5.65. The van der Waals surface area contributed by atoms with Gasteiger partial charge < -0.3 is 10.1 Å². The Labute approximate surface area is 107 Å². The third-order valence-electron chi connectivity index (χ3n) is 3.43. The summed E-state index contributed by atoms with van der Waals surface area (Å²) >= 11 is 0. The zero-order valence-electron chi connectivity index (χ0n) is 12.0. The van der Waals surface area contributed by atoms with Crippen LogP contribution in [0.1, 0.15) is 47.0 Å². The molecule has 1 atom stereocenters. The highest BCUT2D eigenvalue weighted by Crippen LogP contribution is 2.10. The Morgan fingerprint density at radius 3 is 2.53 bits per heavy atom. The van der Waals surface area contributed by atoms with Crippen LogP contribution >= 0.6 is 0 Å². The van der Waals surface area contributed by atoms with Gasteiger partial charge in [-0.15, -0.1) is 0 Å². The van der Waals surface area contributed by atoms with Crippen LogP contribution in [0.2, 0.25) is 0 Å². The number of ether oxygens (including phenoxy) is 1. The lowest BCUT2D eigenvalue weighted by molar-refractivity contribution is 0.0487. The summed E-state index contributed by atoms with van der Waals surface area (Å²) in [5.74, 6) is 0. The first-order chi connectivity index (χ1) is 8.09. The number of rotatable bonds is 7. The van der Waals surface area contributed by atoms with E-state index < -0.39 is 0 Å². The number of hydrogen-bond donors (Lipinski definition) is 1. The van der Waals surface area contributed by atoms with E-state index >= 15 is 0 Å². The van der Waals surface area contributed by atoms with Crippen LogP contribution in [0.4, 0.5) is 0 Å². The van der Waals surface area contributed by atoms with Gasteiger partial charge in [-0.3, -0.25) is 4.90 Å². The molecule has 1 unspecified atom stereocenters. The molecule has 1 saturated heterocycles. The van der Waals surface area contributed by atoms with E-state index in [0.717, 1.165) is 13.2 Å². The normalized spacial score (nSPS) is 21.7. The first kappa shape index (κ1) is 14.9. The predicted octanol–water partition coefficient (Wildman–Crippen LogP) is 2.26. The van der Waals surface area contributed by atoms with Crippen LogP contribution in [-0.2, 0) is 4.74 Å². The molecule has 0 bridgehead atoms. The van der Waals surface area contributed by atoms with Gasteiger partial charge in [0.25, 0.3) is 0 Å².